The number of carbonyl (C=O) groups excluding carboxylic acids is 1. The van der Waals surface area contributed by atoms with Crippen molar-refractivity contribution in [2.24, 2.45) is 0 Å². The van der Waals surface area contributed by atoms with Gasteiger partial charge in [0.1, 0.15) is 0 Å². The van der Waals surface area contributed by atoms with Crippen molar-refractivity contribution >= 4 is 23.5 Å². The summed E-state index contributed by atoms with van der Waals surface area (Å²) in [5, 5.41) is 12.0. The van der Waals surface area contributed by atoms with Gasteiger partial charge in [0.25, 0.3) is 0 Å². The third-order valence-electron chi connectivity index (χ3n) is 3.01. The standard InChI is InChI=1S/C15H24N2O2S/c1-3-4-5-9-17(10-11-18)15(19)16-13-7-6-8-14(12-13)20-2/h6-8,12,18H,3-5,9-11H2,1-2H3,(H,16,19). The first-order valence-corrected chi connectivity index (χ1v) is 8.24. The minimum Gasteiger partial charge on any atom is -0.395 e. The van der Waals surface area contributed by atoms with Gasteiger partial charge in [0.15, 0.2) is 0 Å². The van der Waals surface area contributed by atoms with Crippen molar-refractivity contribution < 1.29 is 9.90 Å². The van der Waals surface area contributed by atoms with Crippen LogP contribution in [0.15, 0.2) is 29.2 Å². The van der Waals surface area contributed by atoms with Crippen LogP contribution in [0.3, 0.4) is 0 Å². The average molecular weight is 296 g/mol. The van der Waals surface area contributed by atoms with Crippen molar-refractivity contribution in [3.05, 3.63) is 24.3 Å². The normalized spacial score (nSPS) is 10.3. The van der Waals surface area contributed by atoms with Crippen LogP contribution in [0, 0.1) is 0 Å². The highest BCUT2D eigenvalue weighted by Crippen LogP contribution is 2.19. The van der Waals surface area contributed by atoms with Crippen LogP contribution < -0.4 is 5.32 Å². The smallest absolute Gasteiger partial charge is 0.321 e. The predicted molar refractivity (Wildman–Crippen MR) is 85.4 cm³/mol. The van der Waals surface area contributed by atoms with Crippen LogP contribution >= 0.6 is 11.8 Å². The molecule has 0 radical (unpaired) electrons. The first kappa shape index (κ1) is 16.9. The molecule has 0 aliphatic carbocycles. The Morgan fingerprint density at radius 2 is 2.15 bits per heavy atom. The molecule has 0 bridgehead atoms. The van der Waals surface area contributed by atoms with Crippen molar-refractivity contribution in [2.45, 2.75) is 31.1 Å². The molecule has 20 heavy (non-hydrogen) atoms. The number of nitrogens with zero attached hydrogens (tertiary/aromatic N) is 1. The maximum atomic E-state index is 12.2. The summed E-state index contributed by atoms with van der Waals surface area (Å²) in [4.78, 5) is 15.0. The molecule has 0 aliphatic rings. The molecule has 0 aromatic heterocycles. The topological polar surface area (TPSA) is 52.6 Å². The van der Waals surface area contributed by atoms with Gasteiger partial charge in [0.05, 0.1) is 6.61 Å². The summed E-state index contributed by atoms with van der Waals surface area (Å²) in [6.45, 7) is 3.18. The van der Waals surface area contributed by atoms with Crippen molar-refractivity contribution in [2.75, 3.05) is 31.3 Å². The second-order valence-electron chi connectivity index (χ2n) is 4.58. The van der Waals surface area contributed by atoms with Crippen LogP contribution in [0.2, 0.25) is 0 Å². The Labute approximate surface area is 125 Å². The molecule has 2 amide bonds. The zero-order chi connectivity index (χ0) is 14.8. The van der Waals surface area contributed by atoms with Gasteiger partial charge in [-0.3, -0.25) is 0 Å². The SMILES string of the molecule is CCCCCN(CCO)C(=O)Nc1cccc(SC)c1. The number of carbonyl (C=O) groups is 1. The molecule has 0 atom stereocenters. The zero-order valence-electron chi connectivity index (χ0n) is 12.3. The van der Waals surface area contributed by atoms with E-state index >= 15 is 0 Å². The molecule has 5 heteroatoms. The van der Waals surface area contributed by atoms with Gasteiger partial charge >= 0.3 is 6.03 Å². The molecule has 0 heterocycles. The third kappa shape index (κ3) is 5.84. The molecule has 1 aromatic rings. The van der Waals surface area contributed by atoms with E-state index in [4.69, 9.17) is 5.11 Å². The Hall–Kier alpha value is -1.20. The highest BCUT2D eigenvalue weighted by molar-refractivity contribution is 7.98. The maximum absolute atomic E-state index is 12.2. The number of nitrogens with one attached hydrogen (secondary N) is 1. The van der Waals surface area contributed by atoms with Gasteiger partial charge in [0, 0.05) is 23.7 Å². The Morgan fingerprint density at radius 1 is 1.35 bits per heavy atom. The first-order valence-electron chi connectivity index (χ1n) is 7.02. The first-order chi connectivity index (χ1) is 9.71. The number of aliphatic hydroxyl groups is 1. The molecule has 0 spiro atoms. The summed E-state index contributed by atoms with van der Waals surface area (Å²) in [5.41, 5.74) is 0.792. The minimum atomic E-state index is -0.145. The van der Waals surface area contributed by atoms with Gasteiger partial charge in [-0.2, -0.15) is 0 Å². The molecule has 1 aromatic carbocycles. The summed E-state index contributed by atoms with van der Waals surface area (Å²) in [7, 11) is 0. The molecule has 0 fully saturated rings. The van der Waals surface area contributed by atoms with Crippen molar-refractivity contribution in [3.8, 4) is 0 Å². The van der Waals surface area contributed by atoms with Gasteiger partial charge in [-0.1, -0.05) is 25.8 Å². The second-order valence-corrected chi connectivity index (χ2v) is 5.46. The van der Waals surface area contributed by atoms with E-state index < -0.39 is 0 Å². The summed E-state index contributed by atoms with van der Waals surface area (Å²) < 4.78 is 0. The van der Waals surface area contributed by atoms with Crippen molar-refractivity contribution in [3.63, 3.8) is 0 Å². The molecule has 0 aliphatic heterocycles. The van der Waals surface area contributed by atoms with Crippen LogP contribution in [-0.4, -0.2) is 42.0 Å². The van der Waals surface area contributed by atoms with Crippen molar-refractivity contribution in [1.29, 1.82) is 0 Å². The number of thioether (sulfide) groups is 1. The summed E-state index contributed by atoms with van der Waals surface area (Å²) in [6, 6.07) is 7.61. The fourth-order valence-corrected chi connectivity index (χ4v) is 2.35. The molecule has 4 nitrogen and oxygen atoms in total. The number of hydrogen-bond acceptors (Lipinski definition) is 3. The fourth-order valence-electron chi connectivity index (χ4n) is 1.89. The number of urea groups is 1. The zero-order valence-corrected chi connectivity index (χ0v) is 13.1. The van der Waals surface area contributed by atoms with Crippen LogP contribution in [0.1, 0.15) is 26.2 Å². The minimum absolute atomic E-state index is 0.00953. The molecule has 2 N–H and O–H groups in total. The van der Waals surface area contributed by atoms with E-state index in [1.807, 2.05) is 30.5 Å². The predicted octanol–water partition coefficient (Wildman–Crippen LogP) is 3.42. The lowest BCUT2D eigenvalue weighted by molar-refractivity contribution is 0.187. The Bertz CT molecular complexity index is 413. The lowest BCUT2D eigenvalue weighted by atomic mass is 10.2. The molecule has 0 saturated heterocycles. The molecule has 1 rings (SSSR count). The average Bonchev–Trinajstić information content (AvgIpc) is 2.46. The molecular weight excluding hydrogens is 272 g/mol. The monoisotopic (exact) mass is 296 g/mol. The van der Waals surface area contributed by atoms with Gasteiger partial charge < -0.3 is 15.3 Å². The maximum Gasteiger partial charge on any atom is 0.321 e. The number of rotatable bonds is 8. The van der Waals surface area contributed by atoms with E-state index in [2.05, 4.69) is 12.2 Å². The third-order valence-corrected chi connectivity index (χ3v) is 3.74. The molecule has 0 saturated carbocycles. The number of unbranched alkanes of at least 4 members (excludes halogenated alkanes) is 2. The van der Waals surface area contributed by atoms with Crippen molar-refractivity contribution in [1.82, 2.24) is 4.90 Å². The second kappa shape index (κ2) is 9.66. The van der Waals surface area contributed by atoms with Gasteiger partial charge in [-0.25, -0.2) is 4.79 Å². The number of hydrogen-bond donors (Lipinski definition) is 2. The fraction of sp³-hybridized carbons (Fsp3) is 0.533. The summed E-state index contributed by atoms with van der Waals surface area (Å²) >= 11 is 1.64. The Balaban J connectivity index is 2.59. The summed E-state index contributed by atoms with van der Waals surface area (Å²) in [6.07, 6.45) is 5.18. The van der Waals surface area contributed by atoms with Gasteiger partial charge in [-0.05, 0) is 30.9 Å². The quantitative estimate of drug-likeness (QED) is 0.571. The largest absolute Gasteiger partial charge is 0.395 e. The molecule has 0 unspecified atom stereocenters. The van der Waals surface area contributed by atoms with E-state index in [0.717, 1.165) is 29.8 Å². The molecule has 112 valence electrons. The van der Waals surface area contributed by atoms with E-state index in [-0.39, 0.29) is 12.6 Å². The number of benzene rings is 1. The number of anilines is 1. The highest BCUT2D eigenvalue weighted by atomic mass is 32.2. The Morgan fingerprint density at radius 3 is 2.80 bits per heavy atom. The van der Waals surface area contributed by atoms with E-state index in [0.29, 0.717) is 13.1 Å². The van der Waals surface area contributed by atoms with Crippen LogP contribution in [0.25, 0.3) is 0 Å². The number of aliphatic hydroxyl groups excluding tert-OH is 1. The molecular formula is C15H24N2O2S. The van der Waals surface area contributed by atoms with Gasteiger partial charge in [0.2, 0.25) is 0 Å². The summed E-state index contributed by atoms with van der Waals surface area (Å²) in [5.74, 6) is 0. The lowest BCUT2D eigenvalue weighted by Gasteiger charge is -2.22. The van der Waals surface area contributed by atoms with E-state index in [1.54, 1.807) is 16.7 Å². The Kier molecular flexibility index (Phi) is 8.14. The highest BCUT2D eigenvalue weighted by Gasteiger charge is 2.12. The van der Waals surface area contributed by atoms with E-state index in [9.17, 15) is 4.79 Å². The van der Waals surface area contributed by atoms with Gasteiger partial charge in [-0.15, -0.1) is 11.8 Å². The van der Waals surface area contributed by atoms with Crippen LogP contribution in [-0.2, 0) is 0 Å². The van der Waals surface area contributed by atoms with Crippen LogP contribution in [0.5, 0.6) is 0 Å². The van der Waals surface area contributed by atoms with E-state index in [1.165, 1.54) is 0 Å². The van der Waals surface area contributed by atoms with Crippen LogP contribution in [0.4, 0.5) is 10.5 Å². The lowest BCUT2D eigenvalue weighted by Crippen LogP contribution is -2.37. The number of amides is 2.